The number of imidazole rings is 1. The van der Waals surface area contributed by atoms with Crippen molar-refractivity contribution in [3.63, 3.8) is 0 Å². The van der Waals surface area contributed by atoms with Gasteiger partial charge in [0.2, 0.25) is 0 Å². The first-order chi connectivity index (χ1) is 14.5. The van der Waals surface area contributed by atoms with Gasteiger partial charge in [-0.15, -0.1) is 5.10 Å². The first-order valence-corrected chi connectivity index (χ1v) is 9.75. The largest absolute Gasteiger partial charge is 0.367 e. The fourth-order valence-electron chi connectivity index (χ4n) is 3.94. The van der Waals surface area contributed by atoms with Crippen LogP contribution in [0.4, 0.5) is 15.8 Å². The Morgan fingerprint density at radius 2 is 2.03 bits per heavy atom. The Morgan fingerprint density at radius 3 is 2.83 bits per heavy atom. The van der Waals surface area contributed by atoms with E-state index in [4.69, 9.17) is 0 Å². The van der Waals surface area contributed by atoms with E-state index in [1.54, 1.807) is 41.5 Å². The molecule has 1 aromatic carbocycles. The molecule has 0 saturated carbocycles. The standard InChI is InChI=1S/C20H21FN8O/c1-12-10-29-11-13(9-15(21)19(29)23-12)24-20(30)14-3-4-16(28-7-5-22-6-8-28)17-18(14)27(2)26-25-17/h3-4,9-11,22H,5-8H2,1-2H3,(H,24,30). The Labute approximate surface area is 171 Å². The summed E-state index contributed by atoms with van der Waals surface area (Å²) < 4.78 is 17.5. The van der Waals surface area contributed by atoms with E-state index >= 15 is 0 Å². The second-order valence-corrected chi connectivity index (χ2v) is 7.42. The monoisotopic (exact) mass is 408 g/mol. The molecular formula is C20H21FN8O. The summed E-state index contributed by atoms with van der Waals surface area (Å²) in [7, 11) is 1.76. The Hall–Kier alpha value is -3.53. The number of halogens is 1. The number of piperazine rings is 1. The van der Waals surface area contributed by atoms with Crippen LogP contribution in [0, 0.1) is 12.7 Å². The second-order valence-electron chi connectivity index (χ2n) is 7.42. The first kappa shape index (κ1) is 18.5. The average molecular weight is 408 g/mol. The van der Waals surface area contributed by atoms with Gasteiger partial charge in [0, 0.05) is 51.7 Å². The summed E-state index contributed by atoms with van der Waals surface area (Å²) >= 11 is 0. The fraction of sp³-hybridized carbons (Fsp3) is 0.300. The lowest BCUT2D eigenvalue weighted by Crippen LogP contribution is -2.43. The van der Waals surface area contributed by atoms with Crippen LogP contribution >= 0.6 is 0 Å². The van der Waals surface area contributed by atoms with Crippen molar-refractivity contribution in [3.05, 3.63) is 47.7 Å². The number of aromatic nitrogens is 5. The fourth-order valence-corrected chi connectivity index (χ4v) is 3.94. The summed E-state index contributed by atoms with van der Waals surface area (Å²) in [6.45, 7) is 5.30. The molecule has 3 aromatic heterocycles. The third-order valence-electron chi connectivity index (χ3n) is 5.32. The number of amides is 1. The Balaban J connectivity index is 1.51. The summed E-state index contributed by atoms with van der Waals surface area (Å²) in [5, 5.41) is 14.5. The van der Waals surface area contributed by atoms with Gasteiger partial charge < -0.3 is 19.9 Å². The summed E-state index contributed by atoms with van der Waals surface area (Å²) in [5.41, 5.74) is 3.98. The number of hydrogen-bond donors (Lipinski definition) is 2. The number of rotatable bonds is 3. The Bertz CT molecular complexity index is 1270. The number of fused-ring (bicyclic) bond motifs is 2. The minimum atomic E-state index is -0.498. The minimum absolute atomic E-state index is 0.226. The van der Waals surface area contributed by atoms with Crippen molar-refractivity contribution in [1.29, 1.82) is 0 Å². The first-order valence-electron chi connectivity index (χ1n) is 9.75. The molecule has 1 saturated heterocycles. The van der Waals surface area contributed by atoms with Crippen LogP contribution in [0.15, 0.2) is 30.6 Å². The molecule has 0 atom stereocenters. The lowest BCUT2D eigenvalue weighted by atomic mass is 10.1. The highest BCUT2D eigenvalue weighted by Gasteiger charge is 2.22. The summed E-state index contributed by atoms with van der Waals surface area (Å²) in [5.74, 6) is -0.852. The zero-order valence-electron chi connectivity index (χ0n) is 16.7. The van der Waals surface area contributed by atoms with E-state index < -0.39 is 5.82 Å². The summed E-state index contributed by atoms with van der Waals surface area (Å²) in [6, 6.07) is 4.95. The van der Waals surface area contributed by atoms with Crippen LogP contribution in [-0.2, 0) is 7.05 Å². The number of aryl methyl sites for hydroxylation is 2. The van der Waals surface area contributed by atoms with Gasteiger partial charge in [-0.3, -0.25) is 4.79 Å². The van der Waals surface area contributed by atoms with Gasteiger partial charge in [-0.2, -0.15) is 0 Å². The van der Waals surface area contributed by atoms with Crippen molar-refractivity contribution in [3.8, 4) is 0 Å². The molecule has 1 fully saturated rings. The Morgan fingerprint density at radius 1 is 1.23 bits per heavy atom. The molecule has 0 bridgehead atoms. The molecule has 2 N–H and O–H groups in total. The van der Waals surface area contributed by atoms with Crippen LogP contribution in [0.25, 0.3) is 16.7 Å². The number of carbonyl (C=O) groups is 1. The number of anilines is 2. The smallest absolute Gasteiger partial charge is 0.257 e. The molecule has 30 heavy (non-hydrogen) atoms. The van der Waals surface area contributed by atoms with Gasteiger partial charge >= 0.3 is 0 Å². The van der Waals surface area contributed by atoms with E-state index in [-0.39, 0.29) is 11.6 Å². The highest BCUT2D eigenvalue weighted by molar-refractivity contribution is 6.13. The van der Waals surface area contributed by atoms with Crippen LogP contribution in [0.5, 0.6) is 0 Å². The summed E-state index contributed by atoms with van der Waals surface area (Å²) in [4.78, 5) is 19.4. The molecule has 1 aliphatic rings. The van der Waals surface area contributed by atoms with Gasteiger partial charge in [-0.25, -0.2) is 14.1 Å². The van der Waals surface area contributed by atoms with E-state index in [1.165, 1.54) is 6.07 Å². The van der Waals surface area contributed by atoms with Crippen molar-refractivity contribution >= 4 is 34.0 Å². The third-order valence-corrected chi connectivity index (χ3v) is 5.32. The maximum atomic E-state index is 14.4. The van der Waals surface area contributed by atoms with Crippen LogP contribution in [0.2, 0.25) is 0 Å². The normalized spacial score (nSPS) is 14.6. The maximum absolute atomic E-state index is 14.4. The van der Waals surface area contributed by atoms with Gasteiger partial charge in [0.1, 0.15) is 11.0 Å². The molecule has 10 heteroatoms. The molecule has 5 rings (SSSR count). The highest BCUT2D eigenvalue weighted by atomic mass is 19.1. The molecule has 154 valence electrons. The van der Waals surface area contributed by atoms with Crippen LogP contribution in [-0.4, -0.2) is 56.5 Å². The average Bonchev–Trinajstić information content (AvgIpc) is 3.31. The summed E-state index contributed by atoms with van der Waals surface area (Å²) in [6.07, 6.45) is 3.35. The molecule has 4 heterocycles. The molecule has 0 aliphatic carbocycles. The topological polar surface area (TPSA) is 92.4 Å². The van der Waals surface area contributed by atoms with Gasteiger partial charge in [0.15, 0.2) is 11.5 Å². The highest BCUT2D eigenvalue weighted by Crippen LogP contribution is 2.28. The van der Waals surface area contributed by atoms with E-state index in [2.05, 4.69) is 30.8 Å². The van der Waals surface area contributed by atoms with Crippen LogP contribution in [0.3, 0.4) is 0 Å². The van der Waals surface area contributed by atoms with Crippen molar-refractivity contribution in [1.82, 2.24) is 29.7 Å². The minimum Gasteiger partial charge on any atom is -0.367 e. The van der Waals surface area contributed by atoms with Gasteiger partial charge in [0.25, 0.3) is 5.91 Å². The Kier molecular flexibility index (Phi) is 4.35. The number of carbonyl (C=O) groups excluding carboxylic acids is 1. The third kappa shape index (κ3) is 3.05. The number of benzene rings is 1. The molecule has 0 spiro atoms. The van der Waals surface area contributed by atoms with Crippen molar-refractivity contribution in [2.24, 2.45) is 7.05 Å². The SMILES string of the molecule is Cc1cn2cc(NC(=O)c3ccc(N4CCNCC4)c4nnn(C)c34)cc(F)c2n1. The van der Waals surface area contributed by atoms with Gasteiger partial charge in [0.05, 0.1) is 22.6 Å². The molecule has 0 radical (unpaired) electrons. The molecule has 9 nitrogen and oxygen atoms in total. The van der Waals surface area contributed by atoms with Crippen molar-refractivity contribution in [2.45, 2.75) is 6.92 Å². The number of pyridine rings is 1. The van der Waals surface area contributed by atoms with Crippen molar-refractivity contribution < 1.29 is 9.18 Å². The molecular weight excluding hydrogens is 387 g/mol. The predicted octanol–water partition coefficient (Wildman–Crippen LogP) is 1.73. The van der Waals surface area contributed by atoms with Crippen LogP contribution in [0.1, 0.15) is 16.1 Å². The van der Waals surface area contributed by atoms with Gasteiger partial charge in [-0.1, -0.05) is 5.21 Å². The van der Waals surface area contributed by atoms with Crippen molar-refractivity contribution in [2.75, 3.05) is 36.4 Å². The number of nitrogens with zero attached hydrogens (tertiary/aromatic N) is 6. The molecule has 0 unspecified atom stereocenters. The number of hydrogen-bond acceptors (Lipinski definition) is 6. The lowest BCUT2D eigenvalue weighted by Gasteiger charge is -2.29. The zero-order valence-corrected chi connectivity index (χ0v) is 16.7. The molecule has 1 amide bonds. The maximum Gasteiger partial charge on any atom is 0.257 e. The molecule has 4 aromatic rings. The van der Waals surface area contributed by atoms with E-state index in [0.29, 0.717) is 28.0 Å². The van der Waals surface area contributed by atoms with E-state index in [9.17, 15) is 9.18 Å². The lowest BCUT2D eigenvalue weighted by molar-refractivity contribution is 0.102. The quantitative estimate of drug-likeness (QED) is 0.536. The molecule has 1 aliphatic heterocycles. The van der Waals surface area contributed by atoms with E-state index in [0.717, 1.165) is 31.9 Å². The number of nitrogens with one attached hydrogen (secondary N) is 2. The second kappa shape index (κ2) is 7.06. The van der Waals surface area contributed by atoms with E-state index in [1.807, 2.05) is 6.07 Å². The van der Waals surface area contributed by atoms with Crippen LogP contribution < -0.4 is 15.5 Å². The zero-order chi connectivity index (χ0) is 20.8. The predicted molar refractivity (Wildman–Crippen MR) is 111 cm³/mol. The van der Waals surface area contributed by atoms with Gasteiger partial charge in [-0.05, 0) is 19.1 Å².